The lowest BCUT2D eigenvalue weighted by atomic mass is 10.1. The van der Waals surface area contributed by atoms with Gasteiger partial charge in [-0.05, 0) is 33.5 Å². The predicted octanol–water partition coefficient (Wildman–Crippen LogP) is 0.213. The lowest BCUT2D eigenvalue weighted by Crippen LogP contribution is -2.44. The van der Waals surface area contributed by atoms with E-state index in [2.05, 4.69) is 15.5 Å². The van der Waals surface area contributed by atoms with Crippen molar-refractivity contribution < 1.29 is 9.53 Å². The van der Waals surface area contributed by atoms with Crippen LogP contribution in [0.3, 0.4) is 0 Å². The van der Waals surface area contributed by atoms with Crippen molar-refractivity contribution in [1.82, 2.24) is 15.5 Å². The zero-order chi connectivity index (χ0) is 13.2. The maximum atomic E-state index is 11.9. The van der Waals surface area contributed by atoms with Gasteiger partial charge in [-0.25, -0.2) is 0 Å². The van der Waals surface area contributed by atoms with E-state index in [0.29, 0.717) is 19.8 Å². The quantitative estimate of drug-likeness (QED) is 0.640. The van der Waals surface area contributed by atoms with Crippen LogP contribution in [-0.2, 0) is 9.53 Å². The number of nitrogens with one attached hydrogen (secondary N) is 2. The molecule has 1 unspecified atom stereocenters. The minimum atomic E-state index is -0.00530. The Morgan fingerprint density at radius 1 is 1.33 bits per heavy atom. The van der Waals surface area contributed by atoms with Crippen molar-refractivity contribution in [2.75, 3.05) is 46.9 Å². The van der Waals surface area contributed by atoms with Crippen molar-refractivity contribution in [1.29, 1.82) is 0 Å². The lowest BCUT2D eigenvalue weighted by molar-refractivity contribution is -0.123. The van der Waals surface area contributed by atoms with Crippen LogP contribution in [0.2, 0.25) is 0 Å². The van der Waals surface area contributed by atoms with Gasteiger partial charge in [0.2, 0.25) is 5.91 Å². The number of hydrogen-bond donors (Lipinski definition) is 2. The molecule has 0 aromatic carbocycles. The molecule has 0 aliphatic carbocycles. The Bertz CT molecular complexity index is 226. The first kappa shape index (κ1) is 15.4. The summed E-state index contributed by atoms with van der Waals surface area (Å²) in [6.45, 7) is 3.77. The zero-order valence-electron chi connectivity index (χ0n) is 11.7. The summed E-state index contributed by atoms with van der Waals surface area (Å²) in [6.07, 6.45) is 4.50. The molecule has 1 fully saturated rings. The first-order valence-corrected chi connectivity index (χ1v) is 6.93. The van der Waals surface area contributed by atoms with Crippen LogP contribution in [0.15, 0.2) is 0 Å². The van der Waals surface area contributed by atoms with E-state index in [1.165, 1.54) is 12.8 Å². The molecule has 1 saturated heterocycles. The van der Waals surface area contributed by atoms with Gasteiger partial charge in [0.05, 0.1) is 19.3 Å². The molecule has 0 saturated carbocycles. The highest BCUT2D eigenvalue weighted by molar-refractivity contribution is 5.81. The highest BCUT2D eigenvalue weighted by Crippen LogP contribution is 2.08. The van der Waals surface area contributed by atoms with Crippen LogP contribution >= 0.6 is 0 Å². The van der Waals surface area contributed by atoms with Crippen LogP contribution in [0.25, 0.3) is 0 Å². The van der Waals surface area contributed by atoms with E-state index in [-0.39, 0.29) is 11.9 Å². The number of nitrogens with zero attached hydrogens (tertiary/aromatic N) is 1. The van der Waals surface area contributed by atoms with Crippen LogP contribution in [0.1, 0.15) is 25.7 Å². The molecule has 5 heteroatoms. The summed E-state index contributed by atoms with van der Waals surface area (Å²) in [6, 6.07) is -0.00530. The fourth-order valence-electron chi connectivity index (χ4n) is 1.97. The molecule has 1 atom stereocenters. The molecule has 1 aliphatic heterocycles. The minimum absolute atomic E-state index is 0.00530. The first-order valence-electron chi connectivity index (χ1n) is 6.93. The van der Waals surface area contributed by atoms with Crippen LogP contribution in [0.5, 0.6) is 0 Å². The number of rotatable bonds is 7. The van der Waals surface area contributed by atoms with Crippen LogP contribution < -0.4 is 10.6 Å². The number of carbonyl (C=O) groups excluding carboxylic acids is 1. The normalized spacial score (nSPS) is 20.7. The fraction of sp³-hybridized carbons (Fsp3) is 0.923. The topological polar surface area (TPSA) is 53.6 Å². The van der Waals surface area contributed by atoms with Crippen molar-refractivity contribution in [3.05, 3.63) is 0 Å². The Morgan fingerprint density at radius 2 is 2.17 bits per heavy atom. The maximum absolute atomic E-state index is 11.9. The van der Waals surface area contributed by atoms with Gasteiger partial charge in [0.1, 0.15) is 0 Å². The molecule has 0 bridgehead atoms. The van der Waals surface area contributed by atoms with Crippen molar-refractivity contribution in [3.8, 4) is 0 Å². The van der Waals surface area contributed by atoms with Crippen molar-refractivity contribution >= 4 is 5.91 Å². The van der Waals surface area contributed by atoms with Gasteiger partial charge in [-0.3, -0.25) is 4.79 Å². The van der Waals surface area contributed by atoms with E-state index in [1.807, 2.05) is 14.1 Å². The number of likely N-dealkylation sites (N-methyl/N-ethyl adjacent to an activating group) is 1. The van der Waals surface area contributed by atoms with Crippen LogP contribution in [0, 0.1) is 0 Å². The van der Waals surface area contributed by atoms with Gasteiger partial charge in [0.15, 0.2) is 0 Å². The van der Waals surface area contributed by atoms with Crippen LogP contribution in [0.4, 0.5) is 0 Å². The minimum Gasteiger partial charge on any atom is -0.378 e. The first-order chi connectivity index (χ1) is 8.70. The van der Waals surface area contributed by atoms with E-state index in [0.717, 1.165) is 25.9 Å². The summed E-state index contributed by atoms with van der Waals surface area (Å²) < 4.78 is 5.43. The third-order valence-electron chi connectivity index (χ3n) is 3.11. The second-order valence-corrected chi connectivity index (χ2v) is 5.06. The summed E-state index contributed by atoms with van der Waals surface area (Å²) in [4.78, 5) is 13.9. The molecule has 0 spiro atoms. The molecule has 1 rings (SSSR count). The lowest BCUT2D eigenvalue weighted by Gasteiger charge is -2.15. The van der Waals surface area contributed by atoms with Crippen LogP contribution in [-0.4, -0.2) is 63.8 Å². The molecular weight excluding hydrogens is 230 g/mol. The third-order valence-corrected chi connectivity index (χ3v) is 3.11. The SMILES string of the molecule is CN(C)CCOCCNC(=O)C1CCCCCN1. The highest BCUT2D eigenvalue weighted by Gasteiger charge is 2.18. The average molecular weight is 257 g/mol. The molecule has 1 amide bonds. The number of hydrogen-bond acceptors (Lipinski definition) is 4. The third kappa shape index (κ3) is 6.93. The Morgan fingerprint density at radius 3 is 2.94 bits per heavy atom. The van der Waals surface area contributed by atoms with Gasteiger partial charge in [-0.15, -0.1) is 0 Å². The molecule has 18 heavy (non-hydrogen) atoms. The molecule has 1 aliphatic rings. The monoisotopic (exact) mass is 257 g/mol. The molecule has 1 heterocycles. The van der Waals surface area contributed by atoms with Gasteiger partial charge < -0.3 is 20.3 Å². The van der Waals surface area contributed by atoms with E-state index >= 15 is 0 Å². The molecule has 2 N–H and O–H groups in total. The standard InChI is InChI=1S/C13H27N3O2/c1-16(2)9-11-18-10-8-15-13(17)12-6-4-3-5-7-14-12/h12,14H,3-11H2,1-2H3,(H,15,17). The number of carbonyl (C=O) groups is 1. The van der Waals surface area contributed by atoms with E-state index in [9.17, 15) is 4.79 Å². The maximum Gasteiger partial charge on any atom is 0.237 e. The largest absolute Gasteiger partial charge is 0.378 e. The average Bonchev–Trinajstić information content (AvgIpc) is 2.61. The summed E-state index contributed by atoms with van der Waals surface area (Å²) >= 11 is 0. The molecule has 0 radical (unpaired) electrons. The van der Waals surface area contributed by atoms with Gasteiger partial charge >= 0.3 is 0 Å². The molecule has 0 aromatic heterocycles. The number of ether oxygens (including phenoxy) is 1. The Balaban J connectivity index is 2.02. The Hall–Kier alpha value is -0.650. The second kappa shape index (κ2) is 9.30. The molecule has 106 valence electrons. The molecule has 0 aromatic rings. The zero-order valence-corrected chi connectivity index (χ0v) is 11.7. The Kier molecular flexibility index (Phi) is 7.96. The van der Waals surface area contributed by atoms with Crippen molar-refractivity contribution in [3.63, 3.8) is 0 Å². The smallest absolute Gasteiger partial charge is 0.237 e. The predicted molar refractivity (Wildman–Crippen MR) is 72.6 cm³/mol. The van der Waals surface area contributed by atoms with E-state index in [1.54, 1.807) is 0 Å². The van der Waals surface area contributed by atoms with Crippen molar-refractivity contribution in [2.24, 2.45) is 0 Å². The highest BCUT2D eigenvalue weighted by atomic mass is 16.5. The van der Waals surface area contributed by atoms with E-state index < -0.39 is 0 Å². The molecule has 5 nitrogen and oxygen atoms in total. The summed E-state index contributed by atoms with van der Waals surface area (Å²) in [5, 5.41) is 6.22. The van der Waals surface area contributed by atoms with Gasteiger partial charge in [0.25, 0.3) is 0 Å². The van der Waals surface area contributed by atoms with Gasteiger partial charge in [-0.2, -0.15) is 0 Å². The molecular formula is C13H27N3O2. The summed E-state index contributed by atoms with van der Waals surface area (Å²) in [5.41, 5.74) is 0. The summed E-state index contributed by atoms with van der Waals surface area (Å²) in [5.74, 6) is 0.119. The Labute approximate surface area is 110 Å². The number of amides is 1. The summed E-state index contributed by atoms with van der Waals surface area (Å²) in [7, 11) is 4.03. The second-order valence-electron chi connectivity index (χ2n) is 5.06. The fourth-order valence-corrected chi connectivity index (χ4v) is 1.97. The van der Waals surface area contributed by atoms with E-state index in [4.69, 9.17) is 4.74 Å². The van der Waals surface area contributed by atoms with Crippen molar-refractivity contribution in [2.45, 2.75) is 31.7 Å². The van der Waals surface area contributed by atoms with Gasteiger partial charge in [0, 0.05) is 13.1 Å². The van der Waals surface area contributed by atoms with Gasteiger partial charge in [-0.1, -0.05) is 12.8 Å².